The van der Waals surface area contributed by atoms with Crippen LogP contribution >= 0.6 is 0 Å². The largest absolute Gasteiger partial charge is 0.469 e. The molecule has 22 heavy (non-hydrogen) atoms. The third-order valence-electron chi connectivity index (χ3n) is 4.54. The van der Waals surface area contributed by atoms with Crippen molar-refractivity contribution in [3.8, 4) is 0 Å². The SMILES string of the molecule is Cc1occc1C(=O)N1CCC(C(=O)N2CCOCC2)CC1. The highest BCUT2D eigenvalue weighted by Gasteiger charge is 2.31. The molecule has 0 saturated carbocycles. The van der Waals surface area contributed by atoms with Gasteiger partial charge in [0.1, 0.15) is 5.76 Å². The summed E-state index contributed by atoms with van der Waals surface area (Å²) >= 11 is 0. The molecule has 0 bridgehead atoms. The van der Waals surface area contributed by atoms with Gasteiger partial charge in [-0.05, 0) is 25.8 Å². The first-order valence-corrected chi connectivity index (χ1v) is 7.86. The van der Waals surface area contributed by atoms with Crippen molar-refractivity contribution < 1.29 is 18.7 Å². The minimum Gasteiger partial charge on any atom is -0.469 e. The lowest BCUT2D eigenvalue weighted by Crippen LogP contribution is -2.47. The normalized spacial score (nSPS) is 20.2. The van der Waals surface area contributed by atoms with Crippen molar-refractivity contribution in [2.75, 3.05) is 39.4 Å². The average molecular weight is 306 g/mol. The lowest BCUT2D eigenvalue weighted by Gasteiger charge is -2.35. The Hall–Kier alpha value is -1.82. The number of furan rings is 1. The number of carbonyl (C=O) groups excluding carboxylic acids is 2. The Morgan fingerprint density at radius 2 is 1.77 bits per heavy atom. The summed E-state index contributed by atoms with van der Waals surface area (Å²) in [6, 6.07) is 1.71. The number of rotatable bonds is 2. The molecule has 2 saturated heterocycles. The molecule has 0 N–H and O–H groups in total. The highest BCUT2D eigenvalue weighted by molar-refractivity contribution is 5.95. The fourth-order valence-electron chi connectivity index (χ4n) is 3.15. The Kier molecular flexibility index (Phi) is 4.47. The molecule has 120 valence electrons. The van der Waals surface area contributed by atoms with Crippen LogP contribution < -0.4 is 0 Å². The van der Waals surface area contributed by atoms with E-state index in [0.717, 1.165) is 12.8 Å². The molecule has 2 aliphatic heterocycles. The van der Waals surface area contributed by atoms with Crippen molar-refractivity contribution >= 4 is 11.8 Å². The van der Waals surface area contributed by atoms with Crippen molar-refractivity contribution in [3.63, 3.8) is 0 Å². The van der Waals surface area contributed by atoms with Gasteiger partial charge >= 0.3 is 0 Å². The predicted molar refractivity (Wildman–Crippen MR) is 79.5 cm³/mol. The number of morpholine rings is 1. The van der Waals surface area contributed by atoms with E-state index in [2.05, 4.69) is 0 Å². The quantitative estimate of drug-likeness (QED) is 0.826. The van der Waals surface area contributed by atoms with Crippen molar-refractivity contribution in [1.29, 1.82) is 0 Å². The summed E-state index contributed by atoms with van der Waals surface area (Å²) in [6.45, 7) is 5.68. The van der Waals surface area contributed by atoms with Crippen LogP contribution in [0.15, 0.2) is 16.7 Å². The van der Waals surface area contributed by atoms with Gasteiger partial charge in [0.2, 0.25) is 5.91 Å². The summed E-state index contributed by atoms with van der Waals surface area (Å²) in [4.78, 5) is 28.6. The van der Waals surface area contributed by atoms with Crippen molar-refractivity contribution in [1.82, 2.24) is 9.80 Å². The molecule has 2 fully saturated rings. The summed E-state index contributed by atoms with van der Waals surface area (Å²) in [7, 11) is 0. The standard InChI is InChI=1S/C16H22N2O4/c1-12-14(4-9-22-12)16(20)17-5-2-13(3-6-17)15(19)18-7-10-21-11-8-18/h4,9,13H,2-3,5-8,10-11H2,1H3. The first-order valence-electron chi connectivity index (χ1n) is 7.86. The molecule has 0 aromatic carbocycles. The van der Waals surface area contributed by atoms with Gasteiger partial charge in [-0.1, -0.05) is 0 Å². The Morgan fingerprint density at radius 3 is 2.36 bits per heavy atom. The summed E-state index contributed by atoms with van der Waals surface area (Å²) in [5.74, 6) is 0.905. The summed E-state index contributed by atoms with van der Waals surface area (Å²) in [5.41, 5.74) is 0.623. The number of hydrogen-bond donors (Lipinski definition) is 0. The Balaban J connectivity index is 1.55. The molecular formula is C16H22N2O4. The molecule has 6 heteroatoms. The third-order valence-corrected chi connectivity index (χ3v) is 4.54. The Morgan fingerprint density at radius 1 is 1.09 bits per heavy atom. The fourth-order valence-corrected chi connectivity index (χ4v) is 3.15. The van der Waals surface area contributed by atoms with E-state index in [4.69, 9.17) is 9.15 Å². The highest BCUT2D eigenvalue weighted by atomic mass is 16.5. The van der Waals surface area contributed by atoms with E-state index in [-0.39, 0.29) is 17.7 Å². The molecule has 0 spiro atoms. The van der Waals surface area contributed by atoms with Crippen LogP contribution in [0.25, 0.3) is 0 Å². The van der Waals surface area contributed by atoms with Gasteiger partial charge in [0.25, 0.3) is 5.91 Å². The number of aryl methyl sites for hydroxylation is 1. The number of amides is 2. The maximum Gasteiger partial charge on any atom is 0.257 e. The van der Waals surface area contributed by atoms with Crippen LogP contribution in [0.3, 0.4) is 0 Å². The molecule has 1 aromatic heterocycles. The number of piperidine rings is 1. The van der Waals surface area contributed by atoms with Gasteiger partial charge in [0, 0.05) is 32.1 Å². The van der Waals surface area contributed by atoms with Gasteiger partial charge in [0.15, 0.2) is 0 Å². The van der Waals surface area contributed by atoms with E-state index in [1.54, 1.807) is 13.0 Å². The Labute approximate surface area is 130 Å². The number of likely N-dealkylation sites (tertiary alicyclic amines) is 1. The number of nitrogens with zero attached hydrogens (tertiary/aromatic N) is 2. The Bertz CT molecular complexity index is 540. The van der Waals surface area contributed by atoms with E-state index < -0.39 is 0 Å². The zero-order valence-corrected chi connectivity index (χ0v) is 12.9. The molecule has 3 rings (SSSR count). The first kappa shape index (κ1) is 15.1. The van der Waals surface area contributed by atoms with Crippen LogP contribution in [0, 0.1) is 12.8 Å². The van der Waals surface area contributed by atoms with Gasteiger partial charge in [-0.25, -0.2) is 0 Å². The number of hydrogen-bond acceptors (Lipinski definition) is 4. The molecule has 0 aliphatic carbocycles. The smallest absolute Gasteiger partial charge is 0.257 e. The second kappa shape index (κ2) is 6.52. The van der Waals surface area contributed by atoms with E-state index in [0.29, 0.717) is 50.7 Å². The van der Waals surface area contributed by atoms with Gasteiger partial charge in [-0.3, -0.25) is 9.59 Å². The zero-order valence-electron chi connectivity index (χ0n) is 12.9. The van der Waals surface area contributed by atoms with Crippen LogP contribution in [0.2, 0.25) is 0 Å². The molecule has 2 aliphatic rings. The van der Waals surface area contributed by atoms with Crippen LogP contribution in [-0.4, -0.2) is 61.0 Å². The van der Waals surface area contributed by atoms with E-state index in [1.165, 1.54) is 6.26 Å². The first-order chi connectivity index (χ1) is 10.7. The van der Waals surface area contributed by atoms with Crippen LogP contribution in [0.5, 0.6) is 0 Å². The van der Waals surface area contributed by atoms with Crippen molar-refractivity contribution in [3.05, 3.63) is 23.7 Å². The van der Waals surface area contributed by atoms with Crippen molar-refractivity contribution in [2.45, 2.75) is 19.8 Å². The second-order valence-electron chi connectivity index (χ2n) is 5.89. The number of ether oxygens (including phenoxy) is 1. The van der Waals surface area contributed by atoms with Crippen LogP contribution in [0.4, 0.5) is 0 Å². The molecular weight excluding hydrogens is 284 g/mol. The maximum atomic E-state index is 12.5. The molecule has 3 heterocycles. The molecule has 0 radical (unpaired) electrons. The second-order valence-corrected chi connectivity index (χ2v) is 5.89. The van der Waals surface area contributed by atoms with Gasteiger partial charge in [0.05, 0.1) is 25.0 Å². The lowest BCUT2D eigenvalue weighted by atomic mass is 9.94. The number of carbonyl (C=O) groups is 2. The zero-order chi connectivity index (χ0) is 15.5. The molecule has 0 atom stereocenters. The average Bonchev–Trinajstić information content (AvgIpc) is 3.00. The maximum absolute atomic E-state index is 12.5. The van der Waals surface area contributed by atoms with Gasteiger partial charge < -0.3 is 19.0 Å². The monoisotopic (exact) mass is 306 g/mol. The van der Waals surface area contributed by atoms with Gasteiger partial charge in [-0.15, -0.1) is 0 Å². The topological polar surface area (TPSA) is 63.0 Å². The van der Waals surface area contributed by atoms with Crippen molar-refractivity contribution in [2.24, 2.45) is 5.92 Å². The third kappa shape index (κ3) is 3.02. The molecule has 6 nitrogen and oxygen atoms in total. The minimum atomic E-state index is 0.00326. The van der Waals surface area contributed by atoms with Crippen LogP contribution in [-0.2, 0) is 9.53 Å². The molecule has 1 aromatic rings. The van der Waals surface area contributed by atoms with E-state index in [9.17, 15) is 9.59 Å². The fraction of sp³-hybridized carbons (Fsp3) is 0.625. The predicted octanol–water partition coefficient (Wildman–Crippen LogP) is 1.30. The highest BCUT2D eigenvalue weighted by Crippen LogP contribution is 2.22. The van der Waals surface area contributed by atoms with E-state index in [1.807, 2.05) is 9.80 Å². The minimum absolute atomic E-state index is 0.00326. The molecule has 2 amide bonds. The van der Waals surface area contributed by atoms with Gasteiger partial charge in [-0.2, -0.15) is 0 Å². The molecule has 0 unspecified atom stereocenters. The lowest BCUT2D eigenvalue weighted by molar-refractivity contribution is -0.141. The summed E-state index contributed by atoms with van der Waals surface area (Å²) in [5, 5.41) is 0. The van der Waals surface area contributed by atoms with E-state index >= 15 is 0 Å². The summed E-state index contributed by atoms with van der Waals surface area (Å²) in [6.07, 6.45) is 3.01. The summed E-state index contributed by atoms with van der Waals surface area (Å²) < 4.78 is 10.5. The van der Waals surface area contributed by atoms with Crippen LogP contribution in [0.1, 0.15) is 29.0 Å².